The number of methoxy groups -OCH3 is 1. The summed E-state index contributed by atoms with van der Waals surface area (Å²) in [7, 11) is 3.88. The lowest BCUT2D eigenvalue weighted by Crippen LogP contribution is -2.45. The first kappa shape index (κ1) is 16.3. The number of amides is 1. The van der Waals surface area contributed by atoms with E-state index in [-0.39, 0.29) is 11.3 Å². The molecule has 0 aliphatic carbocycles. The maximum atomic E-state index is 12.7. The van der Waals surface area contributed by atoms with Crippen molar-refractivity contribution >= 4 is 11.6 Å². The molecule has 1 amide bonds. The maximum absolute atomic E-state index is 12.7. The van der Waals surface area contributed by atoms with Crippen molar-refractivity contribution in [2.24, 2.45) is 5.92 Å². The highest BCUT2D eigenvalue weighted by atomic mass is 16.5. The van der Waals surface area contributed by atoms with Gasteiger partial charge in [0.2, 0.25) is 5.91 Å². The van der Waals surface area contributed by atoms with E-state index in [2.05, 4.69) is 37.9 Å². The summed E-state index contributed by atoms with van der Waals surface area (Å²) in [6, 6.07) is 6.20. The predicted octanol–water partition coefficient (Wildman–Crippen LogP) is 3.05. The predicted molar refractivity (Wildman–Crippen MR) is 93.2 cm³/mol. The van der Waals surface area contributed by atoms with E-state index < -0.39 is 0 Å². The molecular formula is C19H28N2O2. The largest absolute Gasteiger partial charge is 0.497 e. The van der Waals surface area contributed by atoms with Crippen LogP contribution in [0.2, 0.25) is 0 Å². The number of hydrogen-bond acceptors (Lipinski definition) is 3. The Morgan fingerprint density at radius 2 is 2.00 bits per heavy atom. The van der Waals surface area contributed by atoms with Gasteiger partial charge in [0, 0.05) is 24.1 Å². The molecule has 1 saturated heterocycles. The topological polar surface area (TPSA) is 32.8 Å². The molecule has 1 aromatic carbocycles. The molecule has 0 unspecified atom stereocenters. The smallest absolute Gasteiger partial charge is 0.227 e. The third kappa shape index (κ3) is 2.97. The summed E-state index contributed by atoms with van der Waals surface area (Å²) in [6.07, 6.45) is 2.83. The van der Waals surface area contributed by atoms with Crippen LogP contribution in [0.5, 0.6) is 5.75 Å². The van der Waals surface area contributed by atoms with Gasteiger partial charge in [-0.1, -0.05) is 13.8 Å². The van der Waals surface area contributed by atoms with Gasteiger partial charge in [0.15, 0.2) is 0 Å². The van der Waals surface area contributed by atoms with Crippen LogP contribution in [0.4, 0.5) is 5.69 Å². The van der Waals surface area contributed by atoms with Crippen LogP contribution >= 0.6 is 0 Å². The fourth-order valence-corrected chi connectivity index (χ4v) is 3.93. The lowest BCUT2D eigenvalue weighted by Gasteiger charge is -2.38. The SMILES string of the molecule is COc1ccc2c(c1)C1(CCN(C)CC1)CN2C(=O)CC(C)C. The summed E-state index contributed by atoms with van der Waals surface area (Å²) in [4.78, 5) is 17.2. The molecule has 1 aromatic rings. The number of likely N-dealkylation sites (tertiary alicyclic amines) is 1. The van der Waals surface area contributed by atoms with Gasteiger partial charge in [0.05, 0.1) is 7.11 Å². The number of benzene rings is 1. The van der Waals surface area contributed by atoms with Crippen LogP contribution in [0, 0.1) is 5.92 Å². The second kappa shape index (κ2) is 6.16. The number of ether oxygens (including phenoxy) is 1. The standard InChI is InChI=1S/C19H28N2O2/c1-14(2)11-18(22)21-13-19(7-9-20(3)10-8-19)16-12-15(23-4)5-6-17(16)21/h5-6,12,14H,7-11,13H2,1-4H3. The fraction of sp³-hybridized carbons (Fsp3) is 0.632. The summed E-state index contributed by atoms with van der Waals surface area (Å²) in [5, 5.41) is 0. The monoisotopic (exact) mass is 316 g/mol. The third-order valence-electron chi connectivity index (χ3n) is 5.35. The molecule has 0 N–H and O–H groups in total. The number of fused-ring (bicyclic) bond motifs is 2. The Morgan fingerprint density at radius 3 is 2.61 bits per heavy atom. The quantitative estimate of drug-likeness (QED) is 0.859. The summed E-state index contributed by atoms with van der Waals surface area (Å²) >= 11 is 0. The first-order valence-corrected chi connectivity index (χ1v) is 8.62. The van der Waals surface area contributed by atoms with E-state index in [0.717, 1.165) is 43.9 Å². The van der Waals surface area contributed by atoms with Gasteiger partial charge in [-0.25, -0.2) is 0 Å². The molecule has 0 bridgehead atoms. The number of carbonyl (C=O) groups is 1. The average Bonchev–Trinajstić information content (AvgIpc) is 2.84. The Kier molecular flexibility index (Phi) is 4.37. The second-order valence-corrected chi connectivity index (χ2v) is 7.54. The maximum Gasteiger partial charge on any atom is 0.227 e. The molecule has 1 fully saturated rings. The highest BCUT2D eigenvalue weighted by Gasteiger charge is 2.46. The van der Waals surface area contributed by atoms with Crippen LogP contribution in [0.1, 0.15) is 38.7 Å². The minimum absolute atomic E-state index is 0.100. The molecular weight excluding hydrogens is 288 g/mol. The van der Waals surface area contributed by atoms with E-state index in [4.69, 9.17) is 4.74 Å². The van der Waals surface area contributed by atoms with Gasteiger partial charge < -0.3 is 14.5 Å². The van der Waals surface area contributed by atoms with Gasteiger partial charge in [-0.15, -0.1) is 0 Å². The minimum atomic E-state index is 0.100. The van der Waals surface area contributed by atoms with Gasteiger partial charge in [0.25, 0.3) is 0 Å². The van der Waals surface area contributed by atoms with Crippen molar-refractivity contribution in [3.8, 4) is 5.75 Å². The summed E-state index contributed by atoms with van der Waals surface area (Å²) in [5.74, 6) is 1.53. The molecule has 0 atom stereocenters. The lowest BCUT2D eigenvalue weighted by atomic mass is 9.74. The van der Waals surface area contributed by atoms with Crippen LogP contribution in [0.25, 0.3) is 0 Å². The normalized spacial score (nSPS) is 20.1. The molecule has 0 radical (unpaired) electrons. The summed E-state index contributed by atoms with van der Waals surface area (Å²) in [6.45, 7) is 7.21. The molecule has 0 aromatic heterocycles. The van der Waals surface area contributed by atoms with Crippen molar-refractivity contribution in [1.29, 1.82) is 0 Å². The molecule has 2 aliphatic rings. The van der Waals surface area contributed by atoms with Crippen molar-refractivity contribution < 1.29 is 9.53 Å². The zero-order chi connectivity index (χ0) is 16.6. The van der Waals surface area contributed by atoms with Crippen LogP contribution in [0.3, 0.4) is 0 Å². The van der Waals surface area contributed by atoms with Crippen molar-refractivity contribution in [2.75, 3.05) is 38.7 Å². The van der Waals surface area contributed by atoms with Crippen LogP contribution < -0.4 is 9.64 Å². The molecule has 2 heterocycles. The Morgan fingerprint density at radius 1 is 1.30 bits per heavy atom. The van der Waals surface area contributed by atoms with Crippen LogP contribution in [-0.4, -0.2) is 44.6 Å². The summed E-state index contributed by atoms with van der Waals surface area (Å²) < 4.78 is 5.44. The number of piperidine rings is 1. The van der Waals surface area contributed by atoms with Crippen molar-refractivity contribution in [2.45, 2.75) is 38.5 Å². The molecule has 0 saturated carbocycles. The Labute approximate surface area is 139 Å². The summed E-state index contributed by atoms with van der Waals surface area (Å²) in [5.41, 5.74) is 2.51. The van der Waals surface area contributed by atoms with Gasteiger partial charge in [-0.05, 0) is 62.7 Å². The van der Waals surface area contributed by atoms with Gasteiger partial charge in [-0.3, -0.25) is 4.79 Å². The molecule has 23 heavy (non-hydrogen) atoms. The number of nitrogens with zero attached hydrogens (tertiary/aromatic N) is 2. The fourth-order valence-electron chi connectivity index (χ4n) is 3.93. The zero-order valence-corrected chi connectivity index (χ0v) is 14.8. The van der Waals surface area contributed by atoms with Crippen LogP contribution in [-0.2, 0) is 10.2 Å². The van der Waals surface area contributed by atoms with Gasteiger partial charge in [-0.2, -0.15) is 0 Å². The van der Waals surface area contributed by atoms with E-state index in [1.165, 1.54) is 5.56 Å². The third-order valence-corrected chi connectivity index (χ3v) is 5.35. The number of hydrogen-bond donors (Lipinski definition) is 0. The van der Waals surface area contributed by atoms with E-state index >= 15 is 0 Å². The number of anilines is 1. The lowest BCUT2D eigenvalue weighted by molar-refractivity contribution is -0.119. The molecule has 126 valence electrons. The molecule has 2 aliphatic heterocycles. The van der Waals surface area contributed by atoms with Crippen molar-refractivity contribution in [3.63, 3.8) is 0 Å². The highest BCUT2D eigenvalue weighted by Crippen LogP contribution is 2.48. The number of carbonyl (C=O) groups excluding carboxylic acids is 1. The number of rotatable bonds is 3. The first-order valence-electron chi connectivity index (χ1n) is 8.62. The molecule has 1 spiro atoms. The zero-order valence-electron chi connectivity index (χ0n) is 14.8. The van der Waals surface area contributed by atoms with Crippen molar-refractivity contribution in [3.05, 3.63) is 23.8 Å². The minimum Gasteiger partial charge on any atom is -0.497 e. The van der Waals surface area contributed by atoms with E-state index in [9.17, 15) is 4.79 Å². The van der Waals surface area contributed by atoms with Crippen LogP contribution in [0.15, 0.2) is 18.2 Å². The molecule has 4 heteroatoms. The van der Waals surface area contributed by atoms with E-state index in [1.807, 2.05) is 11.0 Å². The Bertz CT molecular complexity index is 589. The van der Waals surface area contributed by atoms with Gasteiger partial charge >= 0.3 is 0 Å². The average molecular weight is 316 g/mol. The first-order chi connectivity index (χ1) is 10.9. The van der Waals surface area contributed by atoms with E-state index in [1.54, 1.807) is 7.11 Å². The van der Waals surface area contributed by atoms with Crippen molar-refractivity contribution in [1.82, 2.24) is 4.90 Å². The van der Waals surface area contributed by atoms with E-state index in [0.29, 0.717) is 12.3 Å². The molecule has 3 rings (SSSR count). The second-order valence-electron chi connectivity index (χ2n) is 7.54. The highest BCUT2D eigenvalue weighted by molar-refractivity contribution is 5.96. The van der Waals surface area contributed by atoms with Gasteiger partial charge in [0.1, 0.15) is 5.75 Å². The molecule has 4 nitrogen and oxygen atoms in total. The Hall–Kier alpha value is -1.55. The Balaban J connectivity index is 1.97.